The Kier molecular flexibility index (Phi) is 5.88. The van der Waals surface area contributed by atoms with Crippen LogP contribution in [-0.2, 0) is 24.2 Å². The van der Waals surface area contributed by atoms with Crippen LogP contribution in [0.1, 0.15) is 36.4 Å². The van der Waals surface area contributed by atoms with E-state index in [9.17, 15) is 9.59 Å². The molecule has 0 saturated heterocycles. The molecule has 2 N–H and O–H groups in total. The van der Waals surface area contributed by atoms with Gasteiger partial charge < -0.3 is 10.2 Å². The molecule has 0 radical (unpaired) electrons. The summed E-state index contributed by atoms with van der Waals surface area (Å²) in [7, 11) is 0. The van der Waals surface area contributed by atoms with Gasteiger partial charge in [0, 0.05) is 30.3 Å². The first-order valence-electron chi connectivity index (χ1n) is 8.89. The predicted molar refractivity (Wildman–Crippen MR) is 103 cm³/mol. The zero-order valence-electron chi connectivity index (χ0n) is 15.1. The maximum atomic E-state index is 12.5. The minimum atomic E-state index is -0.248. The summed E-state index contributed by atoms with van der Waals surface area (Å²) in [6, 6.07) is 9.89. The van der Waals surface area contributed by atoms with Crippen LogP contribution in [-0.4, -0.2) is 34.4 Å². The number of fused-ring (bicyclic) bond motifs is 1. The van der Waals surface area contributed by atoms with Crippen LogP contribution in [0.25, 0.3) is 0 Å². The van der Waals surface area contributed by atoms with Gasteiger partial charge in [-0.1, -0.05) is 41.7 Å². The maximum absolute atomic E-state index is 12.5. The molecule has 3 rings (SSSR count). The van der Waals surface area contributed by atoms with Gasteiger partial charge in [0.2, 0.25) is 5.91 Å². The molecule has 3 amide bonds. The number of carbonyl (C=O) groups excluding carboxylic acids is 2. The molecule has 0 fully saturated rings. The number of nitrogens with one attached hydrogen (secondary N) is 2. The summed E-state index contributed by atoms with van der Waals surface area (Å²) in [5, 5.41) is 6.15. The first-order chi connectivity index (χ1) is 12.5. The molecule has 0 atom stereocenters. The van der Waals surface area contributed by atoms with Crippen LogP contribution in [0.5, 0.6) is 0 Å². The molecule has 1 aromatic heterocycles. The van der Waals surface area contributed by atoms with Gasteiger partial charge in [-0.15, -0.1) is 0 Å². The van der Waals surface area contributed by atoms with E-state index in [0.29, 0.717) is 24.6 Å². The van der Waals surface area contributed by atoms with Gasteiger partial charge in [-0.25, -0.2) is 9.78 Å². The second kappa shape index (κ2) is 8.31. The van der Waals surface area contributed by atoms with Crippen molar-refractivity contribution < 1.29 is 9.59 Å². The van der Waals surface area contributed by atoms with E-state index < -0.39 is 0 Å². The van der Waals surface area contributed by atoms with Crippen LogP contribution < -0.4 is 10.6 Å². The minimum Gasteiger partial charge on any atom is -0.337 e. The highest BCUT2D eigenvalue weighted by molar-refractivity contribution is 7.15. The van der Waals surface area contributed by atoms with Crippen LogP contribution in [0.3, 0.4) is 0 Å². The fourth-order valence-corrected chi connectivity index (χ4v) is 3.93. The van der Waals surface area contributed by atoms with Gasteiger partial charge in [0.25, 0.3) is 0 Å². The van der Waals surface area contributed by atoms with Gasteiger partial charge in [-0.3, -0.25) is 10.1 Å². The first kappa shape index (κ1) is 18.4. The Bertz CT molecular complexity index is 773. The number of aryl methyl sites for hydroxylation is 1. The Balaban J connectivity index is 1.55. The van der Waals surface area contributed by atoms with Crippen molar-refractivity contribution in [1.82, 2.24) is 15.2 Å². The summed E-state index contributed by atoms with van der Waals surface area (Å²) in [5.41, 5.74) is 2.17. The Morgan fingerprint density at radius 2 is 2.04 bits per heavy atom. The number of amides is 3. The van der Waals surface area contributed by atoms with Gasteiger partial charge in [-0.05, 0) is 25.8 Å². The summed E-state index contributed by atoms with van der Waals surface area (Å²) in [5.74, 6) is 0.167. The number of urea groups is 1. The van der Waals surface area contributed by atoms with E-state index in [4.69, 9.17) is 0 Å². The first-order valence-corrected chi connectivity index (χ1v) is 9.70. The summed E-state index contributed by atoms with van der Waals surface area (Å²) >= 11 is 1.45. The monoisotopic (exact) mass is 372 g/mol. The van der Waals surface area contributed by atoms with Crippen LogP contribution in [0.2, 0.25) is 0 Å². The summed E-state index contributed by atoms with van der Waals surface area (Å²) in [6.45, 7) is 5.08. The highest BCUT2D eigenvalue weighted by Crippen LogP contribution is 2.28. The Morgan fingerprint density at radius 3 is 2.77 bits per heavy atom. The van der Waals surface area contributed by atoms with E-state index in [1.807, 2.05) is 49.1 Å². The molecule has 1 aromatic carbocycles. The van der Waals surface area contributed by atoms with Crippen molar-refractivity contribution in [3.63, 3.8) is 0 Å². The minimum absolute atomic E-state index is 0.0716. The summed E-state index contributed by atoms with van der Waals surface area (Å²) in [4.78, 5) is 31.8. The number of aromatic nitrogens is 1. The number of hydrogen-bond donors (Lipinski definition) is 2. The van der Waals surface area contributed by atoms with Crippen molar-refractivity contribution in [3.05, 3.63) is 46.5 Å². The van der Waals surface area contributed by atoms with Crippen LogP contribution in [0, 0.1) is 0 Å². The van der Waals surface area contributed by atoms with Crippen molar-refractivity contribution in [1.29, 1.82) is 0 Å². The lowest BCUT2D eigenvalue weighted by Gasteiger charge is -2.26. The third-order valence-electron chi connectivity index (χ3n) is 4.19. The topological polar surface area (TPSA) is 74.3 Å². The second-order valence-electron chi connectivity index (χ2n) is 6.69. The Labute approximate surface area is 157 Å². The molecule has 1 aliphatic rings. The zero-order valence-corrected chi connectivity index (χ0v) is 15.9. The molecule has 1 aliphatic heterocycles. The van der Waals surface area contributed by atoms with Crippen molar-refractivity contribution >= 4 is 28.4 Å². The number of nitrogens with zero attached hydrogens (tertiary/aromatic N) is 2. The molecule has 0 aliphatic carbocycles. The van der Waals surface area contributed by atoms with Gasteiger partial charge in [0.1, 0.15) is 0 Å². The summed E-state index contributed by atoms with van der Waals surface area (Å²) in [6.07, 6.45) is 2.00. The van der Waals surface area contributed by atoms with Gasteiger partial charge >= 0.3 is 6.03 Å². The lowest BCUT2D eigenvalue weighted by atomic mass is 10.1. The maximum Gasteiger partial charge on any atom is 0.321 e. The van der Waals surface area contributed by atoms with E-state index in [1.165, 1.54) is 16.9 Å². The van der Waals surface area contributed by atoms with Crippen LogP contribution in [0.4, 0.5) is 9.93 Å². The number of anilines is 1. The fourth-order valence-electron chi connectivity index (χ4n) is 2.91. The number of thiazole rings is 1. The number of carbonyl (C=O) groups is 2. The molecule has 26 heavy (non-hydrogen) atoms. The largest absolute Gasteiger partial charge is 0.337 e. The number of hydrogen-bond acceptors (Lipinski definition) is 4. The summed E-state index contributed by atoms with van der Waals surface area (Å²) < 4.78 is 0. The average molecular weight is 372 g/mol. The number of benzene rings is 1. The third-order valence-corrected chi connectivity index (χ3v) is 5.19. The van der Waals surface area contributed by atoms with Crippen molar-refractivity contribution in [2.45, 2.75) is 45.7 Å². The van der Waals surface area contributed by atoms with E-state index in [1.54, 1.807) is 0 Å². The molecular formula is C19H24N4O2S. The third kappa shape index (κ3) is 4.82. The molecule has 0 unspecified atom stereocenters. The molecular weight excluding hydrogens is 348 g/mol. The Morgan fingerprint density at radius 1 is 1.27 bits per heavy atom. The fraction of sp³-hybridized carbons (Fsp3) is 0.421. The molecule has 0 saturated carbocycles. The molecule has 2 heterocycles. The smallest absolute Gasteiger partial charge is 0.321 e. The Hall–Kier alpha value is -2.41. The average Bonchev–Trinajstić information content (AvgIpc) is 3.00. The van der Waals surface area contributed by atoms with Crippen molar-refractivity contribution in [2.24, 2.45) is 0 Å². The molecule has 138 valence electrons. The molecule has 7 heteroatoms. The van der Waals surface area contributed by atoms with Crippen LogP contribution >= 0.6 is 11.3 Å². The van der Waals surface area contributed by atoms with Gasteiger partial charge in [-0.2, -0.15) is 0 Å². The molecule has 0 spiro atoms. The van der Waals surface area contributed by atoms with E-state index >= 15 is 0 Å². The SMILES string of the molecule is CC(C)NC(=O)Nc1nc2c(s1)CN(C(=O)CCc1ccccc1)CC2. The van der Waals surface area contributed by atoms with Gasteiger partial charge in [0.05, 0.1) is 12.2 Å². The molecule has 6 nitrogen and oxygen atoms in total. The predicted octanol–water partition coefficient (Wildman–Crippen LogP) is 3.19. The van der Waals surface area contributed by atoms with Gasteiger partial charge in [0.15, 0.2) is 5.13 Å². The van der Waals surface area contributed by atoms with E-state index in [-0.39, 0.29) is 18.0 Å². The number of rotatable bonds is 5. The lowest BCUT2D eigenvalue weighted by Crippen LogP contribution is -2.35. The normalized spacial score (nSPS) is 13.4. The lowest BCUT2D eigenvalue weighted by molar-refractivity contribution is -0.132. The highest BCUT2D eigenvalue weighted by atomic mass is 32.1. The second-order valence-corrected chi connectivity index (χ2v) is 7.78. The quantitative estimate of drug-likeness (QED) is 0.846. The highest BCUT2D eigenvalue weighted by Gasteiger charge is 2.24. The van der Waals surface area contributed by atoms with Crippen molar-refractivity contribution in [2.75, 3.05) is 11.9 Å². The van der Waals surface area contributed by atoms with Crippen LogP contribution in [0.15, 0.2) is 30.3 Å². The zero-order chi connectivity index (χ0) is 18.5. The van der Waals surface area contributed by atoms with E-state index in [0.717, 1.165) is 23.4 Å². The molecule has 2 aromatic rings. The van der Waals surface area contributed by atoms with E-state index in [2.05, 4.69) is 15.6 Å². The van der Waals surface area contributed by atoms with Crippen molar-refractivity contribution in [3.8, 4) is 0 Å². The standard InChI is InChI=1S/C19H24N4O2S/c1-13(2)20-18(25)22-19-21-15-10-11-23(12-16(15)26-19)17(24)9-8-14-6-4-3-5-7-14/h3-7,13H,8-12H2,1-2H3,(H2,20,21,22,25). The molecule has 0 bridgehead atoms.